The first-order chi connectivity index (χ1) is 4.04. The first-order valence-corrected chi connectivity index (χ1v) is 2.58. The molecular formula is C5H8BNO2. The lowest BCUT2D eigenvalue weighted by molar-refractivity contribution is -0.120. The Labute approximate surface area is 55.0 Å². The van der Waals surface area contributed by atoms with Crippen LogP contribution in [0.3, 0.4) is 0 Å². The zero-order valence-electron chi connectivity index (χ0n) is 5.26. The monoisotopic (exact) mass is 125 g/mol. The Morgan fingerprint density at radius 2 is 2.11 bits per heavy atom. The first kappa shape index (κ1) is 8.36. The number of Topliss-reactive ketones (excluding diaryl/α,β-unsaturated/α-hetero) is 1. The van der Waals surface area contributed by atoms with Crippen molar-refractivity contribution in [2.45, 2.75) is 19.4 Å². The second kappa shape index (κ2) is 3.40. The number of rotatable bonds is 3. The molecule has 1 atom stereocenters. The van der Waals surface area contributed by atoms with Crippen molar-refractivity contribution in [3.63, 3.8) is 0 Å². The molecule has 0 aromatic heterocycles. The Morgan fingerprint density at radius 1 is 1.67 bits per heavy atom. The molecule has 0 saturated carbocycles. The highest BCUT2D eigenvalue weighted by Crippen LogP contribution is 1.87. The van der Waals surface area contributed by atoms with Crippen LogP contribution in [0.15, 0.2) is 0 Å². The third kappa shape index (κ3) is 3.91. The van der Waals surface area contributed by atoms with Crippen LogP contribution in [-0.2, 0) is 9.59 Å². The maximum atomic E-state index is 10.3. The number of hydrogen-bond donors (Lipinski definition) is 1. The minimum atomic E-state index is -0.817. The first-order valence-electron chi connectivity index (χ1n) is 2.58. The smallest absolute Gasteiger partial charge is 0.170 e. The summed E-state index contributed by atoms with van der Waals surface area (Å²) in [7, 11) is 4.77. The third-order valence-electron chi connectivity index (χ3n) is 0.873. The van der Waals surface area contributed by atoms with Crippen LogP contribution in [0.1, 0.15) is 13.3 Å². The van der Waals surface area contributed by atoms with Crippen molar-refractivity contribution in [3.8, 4) is 0 Å². The fraction of sp³-hybridized carbons (Fsp3) is 0.600. The molecule has 0 rings (SSSR count). The van der Waals surface area contributed by atoms with Gasteiger partial charge in [-0.1, -0.05) is 0 Å². The summed E-state index contributed by atoms with van der Waals surface area (Å²) < 4.78 is 0. The summed E-state index contributed by atoms with van der Waals surface area (Å²) >= 11 is 0. The van der Waals surface area contributed by atoms with Gasteiger partial charge in [-0.2, -0.15) is 0 Å². The van der Waals surface area contributed by atoms with Gasteiger partial charge in [0.15, 0.2) is 7.85 Å². The number of nitrogens with two attached hydrogens (primary N) is 1. The van der Waals surface area contributed by atoms with Gasteiger partial charge in [0.1, 0.15) is 5.78 Å². The lowest BCUT2D eigenvalue weighted by Crippen LogP contribution is -2.32. The van der Waals surface area contributed by atoms with Gasteiger partial charge < -0.3 is 10.5 Å². The molecule has 0 heterocycles. The van der Waals surface area contributed by atoms with Crippen molar-refractivity contribution < 1.29 is 9.59 Å². The van der Waals surface area contributed by atoms with Crippen molar-refractivity contribution >= 4 is 19.3 Å². The molecule has 0 aliphatic rings. The molecule has 0 aliphatic heterocycles. The molecule has 4 heteroatoms. The normalized spacial score (nSPS) is 12.7. The average molecular weight is 125 g/mol. The van der Waals surface area contributed by atoms with Crippen LogP contribution in [0, 0.1) is 0 Å². The van der Waals surface area contributed by atoms with E-state index in [9.17, 15) is 9.59 Å². The van der Waals surface area contributed by atoms with Crippen LogP contribution in [0.4, 0.5) is 0 Å². The molecule has 3 nitrogen and oxygen atoms in total. The maximum Gasteiger partial charge on any atom is 0.170 e. The summed E-state index contributed by atoms with van der Waals surface area (Å²) in [6.07, 6.45) is 0.0370. The lowest BCUT2D eigenvalue weighted by Gasteiger charge is -2.02. The summed E-state index contributed by atoms with van der Waals surface area (Å²) in [4.78, 5) is 20.5. The van der Waals surface area contributed by atoms with E-state index in [-0.39, 0.29) is 12.2 Å². The lowest BCUT2D eigenvalue weighted by atomic mass is 9.93. The van der Waals surface area contributed by atoms with Gasteiger partial charge in [-0.15, -0.1) is 0 Å². The number of ketones is 1. The van der Waals surface area contributed by atoms with E-state index in [0.29, 0.717) is 0 Å². The van der Waals surface area contributed by atoms with Crippen molar-refractivity contribution in [1.29, 1.82) is 0 Å². The van der Waals surface area contributed by atoms with Gasteiger partial charge in [0.2, 0.25) is 0 Å². The molecule has 0 fully saturated rings. The molecule has 0 amide bonds. The van der Waals surface area contributed by atoms with Crippen LogP contribution in [0.25, 0.3) is 0 Å². The zero-order chi connectivity index (χ0) is 7.44. The highest BCUT2D eigenvalue weighted by Gasteiger charge is 2.08. The number of hydrogen-bond acceptors (Lipinski definition) is 3. The van der Waals surface area contributed by atoms with Gasteiger partial charge in [0.25, 0.3) is 0 Å². The topological polar surface area (TPSA) is 60.2 Å². The van der Waals surface area contributed by atoms with Crippen molar-refractivity contribution in [2.75, 3.05) is 0 Å². The van der Waals surface area contributed by atoms with Crippen molar-refractivity contribution in [2.24, 2.45) is 5.73 Å². The molecular weight excluding hydrogens is 117 g/mol. The summed E-state index contributed by atoms with van der Waals surface area (Å²) in [6, 6.07) is -0.817. The summed E-state index contributed by atoms with van der Waals surface area (Å²) in [5.74, 6) is -0.124. The van der Waals surface area contributed by atoms with Crippen molar-refractivity contribution in [3.05, 3.63) is 0 Å². The van der Waals surface area contributed by atoms with Gasteiger partial charge in [-0.05, 0) is 6.92 Å². The van der Waals surface area contributed by atoms with Crippen LogP contribution < -0.4 is 5.73 Å². The van der Waals surface area contributed by atoms with Gasteiger partial charge in [0, 0.05) is 6.42 Å². The fourth-order valence-electron chi connectivity index (χ4n) is 0.410. The minimum Gasteiger partial charge on any atom is -0.322 e. The Hall–Kier alpha value is -0.635. The third-order valence-corrected chi connectivity index (χ3v) is 0.873. The van der Waals surface area contributed by atoms with E-state index in [1.54, 1.807) is 0 Å². The Balaban J connectivity index is 3.63. The van der Waals surface area contributed by atoms with Crippen LogP contribution in [0.2, 0.25) is 0 Å². The van der Waals surface area contributed by atoms with Gasteiger partial charge in [-0.25, -0.2) is 0 Å². The Morgan fingerprint density at radius 3 is 2.22 bits per heavy atom. The summed E-state index contributed by atoms with van der Waals surface area (Å²) in [5.41, 5.74) is 4.49. The Kier molecular flexibility index (Phi) is 3.16. The van der Waals surface area contributed by atoms with E-state index in [4.69, 9.17) is 13.6 Å². The molecule has 0 spiro atoms. The largest absolute Gasteiger partial charge is 0.322 e. The number of carbonyl (C=O) groups excluding carboxylic acids is 2. The molecule has 0 saturated heterocycles. The van der Waals surface area contributed by atoms with Crippen LogP contribution >= 0.6 is 0 Å². The molecule has 1 unspecified atom stereocenters. The molecule has 0 bridgehead atoms. The summed E-state index contributed by atoms with van der Waals surface area (Å²) in [6.45, 7) is 1.36. The van der Waals surface area contributed by atoms with E-state index in [1.807, 2.05) is 0 Å². The molecule has 0 aliphatic carbocycles. The number of carbonyl (C=O) groups is 2. The zero-order valence-corrected chi connectivity index (χ0v) is 5.26. The SMILES string of the molecule is [B]C(=O)C(N)CC(C)=O. The molecule has 2 radical (unpaired) electrons. The molecule has 2 N–H and O–H groups in total. The fourth-order valence-corrected chi connectivity index (χ4v) is 0.410. The molecule has 48 valence electrons. The Bertz CT molecular complexity index is 135. The quantitative estimate of drug-likeness (QED) is 0.491. The highest BCUT2D eigenvalue weighted by atomic mass is 16.1. The molecule has 9 heavy (non-hydrogen) atoms. The van der Waals surface area contributed by atoms with E-state index in [2.05, 4.69) is 0 Å². The average Bonchev–Trinajstić information content (AvgIpc) is 1.63. The van der Waals surface area contributed by atoms with E-state index in [1.165, 1.54) is 6.92 Å². The second-order valence-electron chi connectivity index (χ2n) is 1.92. The minimum absolute atomic E-state index is 0.0370. The van der Waals surface area contributed by atoms with Gasteiger partial charge in [0.05, 0.1) is 11.7 Å². The van der Waals surface area contributed by atoms with E-state index in [0.717, 1.165) is 0 Å². The predicted molar refractivity (Wildman–Crippen MR) is 34.0 cm³/mol. The predicted octanol–water partition coefficient (Wildman–Crippen LogP) is -1.01. The highest BCUT2D eigenvalue weighted by molar-refractivity contribution is 6.59. The summed E-state index contributed by atoms with van der Waals surface area (Å²) in [5, 5.41) is 0. The molecule has 0 aromatic carbocycles. The standard InChI is InChI=1S/C5H8BNO2/c1-3(8)2-4(7)5(6)9/h4H,2,7H2,1H3. The maximum absolute atomic E-state index is 10.3. The van der Waals surface area contributed by atoms with Gasteiger partial charge >= 0.3 is 0 Å². The van der Waals surface area contributed by atoms with Gasteiger partial charge in [-0.3, -0.25) is 4.79 Å². The van der Waals surface area contributed by atoms with Crippen LogP contribution in [0.5, 0.6) is 0 Å². The second-order valence-corrected chi connectivity index (χ2v) is 1.92. The van der Waals surface area contributed by atoms with Crippen LogP contribution in [-0.4, -0.2) is 25.4 Å². The molecule has 0 aromatic rings. The van der Waals surface area contributed by atoms with Crippen molar-refractivity contribution in [1.82, 2.24) is 0 Å². The van der Waals surface area contributed by atoms with E-state index < -0.39 is 11.7 Å². The van der Waals surface area contributed by atoms with E-state index >= 15 is 0 Å².